The molecule has 0 aromatic heterocycles. The lowest BCUT2D eigenvalue weighted by atomic mass is 9.99. The van der Waals surface area contributed by atoms with E-state index in [-0.39, 0.29) is 6.10 Å². The fraction of sp³-hybridized carbons (Fsp3) is 1.00. The zero-order valence-electron chi connectivity index (χ0n) is 9.54. The first-order chi connectivity index (χ1) is 7.34. The van der Waals surface area contributed by atoms with Crippen molar-refractivity contribution >= 4 is 0 Å². The molecule has 3 atom stereocenters. The molecule has 1 saturated heterocycles. The van der Waals surface area contributed by atoms with Crippen LogP contribution in [0.25, 0.3) is 0 Å². The van der Waals surface area contributed by atoms with E-state index in [4.69, 9.17) is 0 Å². The van der Waals surface area contributed by atoms with Crippen molar-refractivity contribution in [3.05, 3.63) is 0 Å². The Balaban J connectivity index is 1.54. The summed E-state index contributed by atoms with van der Waals surface area (Å²) in [6.07, 6.45) is 5.90. The van der Waals surface area contributed by atoms with E-state index in [1.54, 1.807) is 0 Å². The van der Waals surface area contributed by atoms with Gasteiger partial charge in [0.2, 0.25) is 0 Å². The van der Waals surface area contributed by atoms with E-state index in [2.05, 4.69) is 10.6 Å². The molecule has 2 fully saturated rings. The SMILES string of the molecule is OC1CCC(CNCC2CCCNC2)C1. The molecule has 3 nitrogen and oxygen atoms in total. The molecular weight excluding hydrogens is 188 g/mol. The number of hydrogen-bond acceptors (Lipinski definition) is 3. The zero-order chi connectivity index (χ0) is 10.5. The van der Waals surface area contributed by atoms with E-state index >= 15 is 0 Å². The smallest absolute Gasteiger partial charge is 0.0543 e. The molecule has 0 aromatic carbocycles. The second-order valence-corrected chi connectivity index (χ2v) is 5.20. The maximum atomic E-state index is 9.41. The van der Waals surface area contributed by atoms with Crippen LogP contribution in [0.2, 0.25) is 0 Å². The Morgan fingerprint density at radius 3 is 2.67 bits per heavy atom. The van der Waals surface area contributed by atoms with Crippen molar-refractivity contribution in [3.63, 3.8) is 0 Å². The third kappa shape index (κ3) is 3.74. The van der Waals surface area contributed by atoms with Crippen LogP contribution in [0.3, 0.4) is 0 Å². The summed E-state index contributed by atoms with van der Waals surface area (Å²) < 4.78 is 0. The Morgan fingerprint density at radius 1 is 1.13 bits per heavy atom. The van der Waals surface area contributed by atoms with Crippen molar-refractivity contribution in [2.24, 2.45) is 11.8 Å². The predicted octanol–water partition coefficient (Wildman–Crippen LogP) is 0.737. The molecule has 0 radical (unpaired) electrons. The van der Waals surface area contributed by atoms with Crippen LogP contribution >= 0.6 is 0 Å². The van der Waals surface area contributed by atoms with Crippen LogP contribution < -0.4 is 10.6 Å². The molecule has 3 N–H and O–H groups in total. The van der Waals surface area contributed by atoms with Gasteiger partial charge in [0.25, 0.3) is 0 Å². The molecule has 1 heterocycles. The molecule has 0 aromatic rings. The van der Waals surface area contributed by atoms with Crippen molar-refractivity contribution in [2.75, 3.05) is 26.2 Å². The van der Waals surface area contributed by atoms with E-state index in [1.165, 1.54) is 32.4 Å². The Labute approximate surface area is 92.6 Å². The van der Waals surface area contributed by atoms with Crippen molar-refractivity contribution < 1.29 is 5.11 Å². The average Bonchev–Trinajstić information content (AvgIpc) is 2.66. The standard InChI is InChI=1S/C12H24N2O/c15-12-4-3-10(6-12)7-14-9-11-2-1-5-13-8-11/h10-15H,1-9H2. The molecule has 1 aliphatic heterocycles. The Bertz CT molecular complexity index is 176. The van der Waals surface area contributed by atoms with Gasteiger partial charge in [0.15, 0.2) is 0 Å². The summed E-state index contributed by atoms with van der Waals surface area (Å²) in [5.74, 6) is 1.54. The first kappa shape index (κ1) is 11.4. The quantitative estimate of drug-likeness (QED) is 0.644. The van der Waals surface area contributed by atoms with Gasteiger partial charge >= 0.3 is 0 Å². The van der Waals surface area contributed by atoms with Gasteiger partial charge in [0.05, 0.1) is 6.10 Å². The van der Waals surface area contributed by atoms with Gasteiger partial charge in [0, 0.05) is 0 Å². The van der Waals surface area contributed by atoms with Crippen LogP contribution in [0.1, 0.15) is 32.1 Å². The molecule has 2 aliphatic rings. The molecule has 0 spiro atoms. The second-order valence-electron chi connectivity index (χ2n) is 5.20. The predicted molar refractivity (Wildman–Crippen MR) is 61.8 cm³/mol. The van der Waals surface area contributed by atoms with Gasteiger partial charge in [-0.05, 0) is 70.1 Å². The van der Waals surface area contributed by atoms with Gasteiger partial charge in [-0.3, -0.25) is 0 Å². The average molecular weight is 212 g/mol. The van der Waals surface area contributed by atoms with Gasteiger partial charge in [-0.25, -0.2) is 0 Å². The normalized spacial score (nSPS) is 37.0. The van der Waals surface area contributed by atoms with E-state index in [0.29, 0.717) is 0 Å². The fourth-order valence-electron chi connectivity index (χ4n) is 2.82. The lowest BCUT2D eigenvalue weighted by molar-refractivity contribution is 0.177. The highest BCUT2D eigenvalue weighted by Crippen LogP contribution is 2.24. The molecule has 3 unspecified atom stereocenters. The van der Waals surface area contributed by atoms with Crippen LogP contribution in [-0.2, 0) is 0 Å². The Kier molecular flexibility index (Phi) is 4.42. The number of aliphatic hydroxyl groups is 1. The largest absolute Gasteiger partial charge is 0.393 e. The summed E-state index contributed by atoms with van der Waals surface area (Å²) in [6, 6.07) is 0. The van der Waals surface area contributed by atoms with Crippen LogP contribution in [0.4, 0.5) is 0 Å². The zero-order valence-corrected chi connectivity index (χ0v) is 9.54. The van der Waals surface area contributed by atoms with E-state index in [1.807, 2.05) is 0 Å². The maximum Gasteiger partial charge on any atom is 0.0543 e. The highest BCUT2D eigenvalue weighted by Gasteiger charge is 2.22. The lowest BCUT2D eigenvalue weighted by Crippen LogP contribution is -2.37. The number of hydrogen-bond donors (Lipinski definition) is 3. The lowest BCUT2D eigenvalue weighted by Gasteiger charge is -2.23. The number of aliphatic hydroxyl groups excluding tert-OH is 1. The number of rotatable bonds is 4. The molecule has 2 rings (SSSR count). The van der Waals surface area contributed by atoms with Crippen LogP contribution in [0.15, 0.2) is 0 Å². The summed E-state index contributed by atoms with van der Waals surface area (Å²) in [5, 5.41) is 16.4. The van der Waals surface area contributed by atoms with Gasteiger partial charge in [-0.2, -0.15) is 0 Å². The molecule has 3 heteroatoms. The molecule has 0 amide bonds. The van der Waals surface area contributed by atoms with Gasteiger partial charge in [0.1, 0.15) is 0 Å². The number of piperidine rings is 1. The van der Waals surface area contributed by atoms with Gasteiger partial charge < -0.3 is 15.7 Å². The Hall–Kier alpha value is -0.120. The first-order valence-electron chi connectivity index (χ1n) is 6.44. The monoisotopic (exact) mass is 212 g/mol. The minimum Gasteiger partial charge on any atom is -0.393 e. The van der Waals surface area contributed by atoms with Gasteiger partial charge in [-0.1, -0.05) is 0 Å². The summed E-state index contributed by atoms with van der Waals surface area (Å²) >= 11 is 0. The first-order valence-corrected chi connectivity index (χ1v) is 6.44. The molecule has 0 bridgehead atoms. The fourth-order valence-corrected chi connectivity index (χ4v) is 2.82. The van der Waals surface area contributed by atoms with Gasteiger partial charge in [-0.15, -0.1) is 0 Å². The second kappa shape index (κ2) is 5.83. The summed E-state index contributed by atoms with van der Waals surface area (Å²) in [7, 11) is 0. The van der Waals surface area contributed by atoms with Crippen molar-refractivity contribution in [3.8, 4) is 0 Å². The highest BCUT2D eigenvalue weighted by atomic mass is 16.3. The minimum absolute atomic E-state index is 0.0202. The molecule has 88 valence electrons. The third-order valence-electron chi connectivity index (χ3n) is 3.78. The van der Waals surface area contributed by atoms with E-state index in [9.17, 15) is 5.11 Å². The minimum atomic E-state index is -0.0202. The number of nitrogens with one attached hydrogen (secondary N) is 2. The third-order valence-corrected chi connectivity index (χ3v) is 3.78. The summed E-state index contributed by atoms with van der Waals surface area (Å²) in [4.78, 5) is 0. The van der Waals surface area contributed by atoms with Crippen molar-refractivity contribution in [2.45, 2.75) is 38.2 Å². The Morgan fingerprint density at radius 2 is 2.00 bits per heavy atom. The topological polar surface area (TPSA) is 44.3 Å². The molecular formula is C12H24N2O. The van der Waals surface area contributed by atoms with Crippen LogP contribution in [0.5, 0.6) is 0 Å². The summed E-state index contributed by atoms with van der Waals surface area (Å²) in [6.45, 7) is 4.64. The maximum absolute atomic E-state index is 9.41. The van der Waals surface area contributed by atoms with E-state index in [0.717, 1.165) is 37.8 Å². The summed E-state index contributed by atoms with van der Waals surface area (Å²) in [5.41, 5.74) is 0. The molecule has 15 heavy (non-hydrogen) atoms. The van der Waals surface area contributed by atoms with Crippen molar-refractivity contribution in [1.29, 1.82) is 0 Å². The highest BCUT2D eigenvalue weighted by molar-refractivity contribution is 4.77. The molecule has 1 saturated carbocycles. The van der Waals surface area contributed by atoms with E-state index < -0.39 is 0 Å². The molecule has 1 aliphatic carbocycles. The van der Waals surface area contributed by atoms with Crippen molar-refractivity contribution in [1.82, 2.24) is 10.6 Å². The van der Waals surface area contributed by atoms with Crippen LogP contribution in [0, 0.1) is 11.8 Å². The van der Waals surface area contributed by atoms with Crippen LogP contribution in [-0.4, -0.2) is 37.4 Å².